The lowest BCUT2D eigenvalue weighted by Gasteiger charge is -2.06. The summed E-state index contributed by atoms with van der Waals surface area (Å²) in [6, 6.07) is 14.1. The van der Waals surface area contributed by atoms with Gasteiger partial charge in [-0.2, -0.15) is 0 Å². The van der Waals surface area contributed by atoms with Crippen LogP contribution >= 0.6 is 0 Å². The quantitative estimate of drug-likeness (QED) is 0.755. The maximum atomic E-state index is 11.9. The molecule has 0 heterocycles. The number of hydrogen-bond acceptors (Lipinski definition) is 1. The molecule has 0 fully saturated rings. The predicted molar refractivity (Wildman–Crippen MR) is 65.5 cm³/mol. The Balaban J connectivity index is 2.52. The van der Waals surface area contributed by atoms with E-state index in [1.807, 2.05) is 44.2 Å². The summed E-state index contributed by atoms with van der Waals surface area (Å²) >= 11 is 0. The van der Waals surface area contributed by atoms with Gasteiger partial charge in [0.15, 0.2) is 0 Å². The summed E-state index contributed by atoms with van der Waals surface area (Å²) in [5.74, 6) is 0. The summed E-state index contributed by atoms with van der Waals surface area (Å²) in [6.07, 6.45) is 0. The number of fused-ring (bicyclic) bond motifs is 1. The first kappa shape index (κ1) is 10.4. The summed E-state index contributed by atoms with van der Waals surface area (Å²) in [7, 11) is -0.891. The topological polar surface area (TPSA) is 17.1 Å². The van der Waals surface area contributed by atoms with E-state index in [4.69, 9.17) is 0 Å². The zero-order valence-corrected chi connectivity index (χ0v) is 9.75. The van der Waals surface area contributed by atoms with Crippen LogP contribution in [0.5, 0.6) is 0 Å². The highest BCUT2D eigenvalue weighted by Gasteiger charge is 2.08. The van der Waals surface area contributed by atoms with Crippen LogP contribution < -0.4 is 0 Å². The van der Waals surface area contributed by atoms with E-state index in [0.717, 1.165) is 10.3 Å². The largest absolute Gasteiger partial charge is 0.254 e. The van der Waals surface area contributed by atoms with Crippen molar-refractivity contribution in [2.75, 3.05) is 0 Å². The summed E-state index contributed by atoms with van der Waals surface area (Å²) in [6.45, 7) is 3.95. The molecule has 0 aliphatic rings. The molecule has 2 aromatic rings. The first-order valence-electron chi connectivity index (χ1n) is 5.08. The highest BCUT2D eigenvalue weighted by molar-refractivity contribution is 7.85. The van der Waals surface area contributed by atoms with Crippen molar-refractivity contribution in [3.8, 4) is 0 Å². The van der Waals surface area contributed by atoms with Gasteiger partial charge >= 0.3 is 0 Å². The summed E-state index contributed by atoms with van der Waals surface area (Å²) in [4.78, 5) is 0.920. The van der Waals surface area contributed by atoms with Crippen molar-refractivity contribution in [2.45, 2.75) is 24.0 Å². The Morgan fingerprint density at radius 3 is 2.33 bits per heavy atom. The van der Waals surface area contributed by atoms with Gasteiger partial charge in [-0.25, -0.2) is 0 Å². The second-order valence-electron chi connectivity index (χ2n) is 3.86. The Labute approximate surface area is 92.6 Å². The zero-order chi connectivity index (χ0) is 10.8. The Bertz CT molecular complexity index is 503. The number of hydrogen-bond donors (Lipinski definition) is 0. The van der Waals surface area contributed by atoms with Gasteiger partial charge in [-0.3, -0.25) is 4.21 Å². The highest BCUT2D eigenvalue weighted by Crippen LogP contribution is 2.19. The lowest BCUT2D eigenvalue weighted by Crippen LogP contribution is -2.05. The van der Waals surface area contributed by atoms with E-state index in [1.54, 1.807) is 0 Å². The molecule has 0 aliphatic carbocycles. The minimum Gasteiger partial charge on any atom is -0.254 e. The van der Waals surface area contributed by atoms with Gasteiger partial charge in [0.05, 0.1) is 10.8 Å². The fraction of sp³-hybridized carbons (Fsp3) is 0.231. The summed E-state index contributed by atoms with van der Waals surface area (Å²) in [5, 5.41) is 2.53. The number of benzene rings is 2. The average molecular weight is 218 g/mol. The van der Waals surface area contributed by atoms with Crippen molar-refractivity contribution < 1.29 is 4.21 Å². The lowest BCUT2D eigenvalue weighted by molar-refractivity contribution is 0.677. The van der Waals surface area contributed by atoms with E-state index >= 15 is 0 Å². The molecule has 2 heteroatoms. The minimum atomic E-state index is -0.891. The van der Waals surface area contributed by atoms with Gasteiger partial charge in [-0.1, -0.05) is 44.2 Å². The molecule has 2 rings (SSSR count). The molecular weight excluding hydrogens is 204 g/mol. The molecule has 0 aliphatic heterocycles. The van der Waals surface area contributed by atoms with Crippen molar-refractivity contribution >= 4 is 21.6 Å². The predicted octanol–water partition coefficient (Wildman–Crippen LogP) is 3.36. The van der Waals surface area contributed by atoms with Crippen LogP contribution in [0.3, 0.4) is 0 Å². The van der Waals surface area contributed by atoms with E-state index < -0.39 is 10.8 Å². The lowest BCUT2D eigenvalue weighted by atomic mass is 10.1. The fourth-order valence-corrected chi connectivity index (χ4v) is 2.55. The first-order valence-corrected chi connectivity index (χ1v) is 6.29. The van der Waals surface area contributed by atoms with Crippen LogP contribution in [0.15, 0.2) is 47.4 Å². The van der Waals surface area contributed by atoms with Crippen LogP contribution in [0.2, 0.25) is 0 Å². The molecular formula is C13H14OS. The Hall–Kier alpha value is -1.15. The van der Waals surface area contributed by atoms with Gasteiger partial charge in [-0.05, 0) is 22.9 Å². The van der Waals surface area contributed by atoms with Crippen molar-refractivity contribution in [1.82, 2.24) is 0 Å². The highest BCUT2D eigenvalue weighted by atomic mass is 32.2. The summed E-state index contributed by atoms with van der Waals surface area (Å²) in [5.41, 5.74) is 0. The van der Waals surface area contributed by atoms with Crippen LogP contribution in [0, 0.1) is 0 Å². The molecule has 78 valence electrons. The second-order valence-corrected chi connectivity index (χ2v) is 5.86. The van der Waals surface area contributed by atoms with E-state index in [2.05, 4.69) is 12.1 Å². The van der Waals surface area contributed by atoms with E-state index in [1.165, 1.54) is 5.39 Å². The van der Waals surface area contributed by atoms with Crippen molar-refractivity contribution in [2.24, 2.45) is 0 Å². The van der Waals surface area contributed by atoms with Gasteiger partial charge in [0.2, 0.25) is 0 Å². The molecule has 15 heavy (non-hydrogen) atoms. The van der Waals surface area contributed by atoms with Gasteiger partial charge in [-0.15, -0.1) is 0 Å². The van der Waals surface area contributed by atoms with E-state index in [-0.39, 0.29) is 5.25 Å². The third kappa shape index (κ3) is 2.10. The Kier molecular flexibility index (Phi) is 2.87. The van der Waals surface area contributed by atoms with Gasteiger partial charge in [0, 0.05) is 10.1 Å². The monoisotopic (exact) mass is 218 g/mol. The molecule has 1 atom stereocenters. The smallest absolute Gasteiger partial charge is 0.0555 e. The molecule has 0 saturated carbocycles. The SMILES string of the molecule is CC(C)S(=O)c1ccc2ccccc2c1. The minimum absolute atomic E-state index is 0.172. The third-order valence-corrected chi connectivity index (χ3v) is 3.96. The van der Waals surface area contributed by atoms with E-state index in [0.29, 0.717) is 0 Å². The Morgan fingerprint density at radius 1 is 1.00 bits per heavy atom. The van der Waals surface area contributed by atoms with Crippen LogP contribution in [0.4, 0.5) is 0 Å². The molecule has 0 amide bonds. The molecule has 0 N–H and O–H groups in total. The van der Waals surface area contributed by atoms with Gasteiger partial charge in [0.1, 0.15) is 0 Å². The standard InChI is InChI=1S/C13H14OS/c1-10(2)15(14)13-8-7-11-5-3-4-6-12(11)9-13/h3-10H,1-2H3. The molecule has 0 radical (unpaired) electrons. The summed E-state index contributed by atoms with van der Waals surface area (Å²) < 4.78 is 11.9. The van der Waals surface area contributed by atoms with Crippen molar-refractivity contribution in [3.63, 3.8) is 0 Å². The Morgan fingerprint density at radius 2 is 1.67 bits per heavy atom. The molecule has 1 nitrogen and oxygen atoms in total. The van der Waals surface area contributed by atoms with Crippen LogP contribution in [-0.4, -0.2) is 9.46 Å². The van der Waals surface area contributed by atoms with Crippen LogP contribution in [0.1, 0.15) is 13.8 Å². The fourth-order valence-electron chi connectivity index (χ4n) is 1.56. The molecule has 2 aromatic carbocycles. The normalized spacial score (nSPS) is 13.3. The zero-order valence-electron chi connectivity index (χ0n) is 8.94. The van der Waals surface area contributed by atoms with Crippen molar-refractivity contribution in [3.05, 3.63) is 42.5 Å². The third-order valence-electron chi connectivity index (χ3n) is 2.38. The van der Waals surface area contributed by atoms with E-state index in [9.17, 15) is 4.21 Å². The maximum absolute atomic E-state index is 11.9. The molecule has 0 bridgehead atoms. The van der Waals surface area contributed by atoms with Crippen LogP contribution in [0.25, 0.3) is 10.8 Å². The van der Waals surface area contributed by atoms with Gasteiger partial charge in [0.25, 0.3) is 0 Å². The first-order chi connectivity index (χ1) is 7.18. The molecule has 1 unspecified atom stereocenters. The molecule has 0 aromatic heterocycles. The second kappa shape index (κ2) is 4.15. The molecule has 0 saturated heterocycles. The van der Waals surface area contributed by atoms with Crippen molar-refractivity contribution in [1.29, 1.82) is 0 Å². The van der Waals surface area contributed by atoms with Crippen LogP contribution in [-0.2, 0) is 10.8 Å². The maximum Gasteiger partial charge on any atom is 0.0555 e. The number of rotatable bonds is 2. The van der Waals surface area contributed by atoms with Gasteiger partial charge < -0.3 is 0 Å². The average Bonchev–Trinajstić information content (AvgIpc) is 2.27. The molecule has 0 spiro atoms.